The van der Waals surface area contributed by atoms with Crippen LogP contribution >= 0.6 is 15.9 Å². The molecule has 7 rings (SSSR count). The van der Waals surface area contributed by atoms with Gasteiger partial charge in [0.15, 0.2) is 0 Å². The van der Waals surface area contributed by atoms with Crippen LogP contribution in [0.25, 0.3) is 22.3 Å². The third-order valence-corrected chi connectivity index (χ3v) is 9.33. The van der Waals surface area contributed by atoms with Crippen molar-refractivity contribution in [1.82, 2.24) is 0 Å². The maximum atomic E-state index is 3.78. The molecule has 0 aliphatic carbocycles. The van der Waals surface area contributed by atoms with Gasteiger partial charge in [-0.1, -0.05) is 118 Å². The van der Waals surface area contributed by atoms with E-state index < -0.39 is 0 Å². The molecule has 1 atom stereocenters. The summed E-state index contributed by atoms with van der Waals surface area (Å²) >= 11 is 3.78. The fraction of sp³-hybridized carbons (Fsp3) is 0.231. The molecule has 1 unspecified atom stereocenters. The lowest BCUT2D eigenvalue weighted by molar-refractivity contribution is 0.590. The summed E-state index contributed by atoms with van der Waals surface area (Å²) in [6.45, 7) is 13.7. The van der Waals surface area contributed by atoms with Gasteiger partial charge in [-0.3, -0.25) is 0 Å². The SMILES string of the molecule is CC(C)(C)c1ccc(N2c3ccccc3-c3cccc4c3C2N(c2ccc(C(C)(C)C)cc2)c2ccc(Br)cc2-4)cc1. The molecule has 2 aliphatic heterocycles. The summed E-state index contributed by atoms with van der Waals surface area (Å²) in [4.78, 5) is 5.10. The molecule has 5 aromatic carbocycles. The van der Waals surface area contributed by atoms with E-state index in [1.165, 1.54) is 61.7 Å². The van der Waals surface area contributed by atoms with Gasteiger partial charge in [-0.05, 0) is 81.6 Å². The molecule has 0 saturated heterocycles. The van der Waals surface area contributed by atoms with Gasteiger partial charge in [-0.2, -0.15) is 0 Å². The molecule has 5 aromatic rings. The first-order valence-electron chi connectivity index (χ1n) is 14.8. The monoisotopic (exact) mass is 612 g/mol. The Bertz CT molecular complexity index is 1800. The molecule has 0 aromatic heterocycles. The molecule has 0 spiro atoms. The first-order chi connectivity index (χ1) is 20.0. The highest BCUT2D eigenvalue weighted by Crippen LogP contribution is 2.59. The largest absolute Gasteiger partial charge is 0.315 e. The Morgan fingerprint density at radius 2 is 0.976 bits per heavy atom. The number of anilines is 4. The number of para-hydroxylation sites is 1. The summed E-state index contributed by atoms with van der Waals surface area (Å²) in [5, 5.41) is 0. The predicted molar refractivity (Wildman–Crippen MR) is 182 cm³/mol. The van der Waals surface area contributed by atoms with Crippen LogP contribution < -0.4 is 9.80 Å². The molecule has 2 nitrogen and oxygen atoms in total. The van der Waals surface area contributed by atoms with E-state index in [9.17, 15) is 0 Å². The number of nitrogens with zero attached hydrogens (tertiary/aromatic N) is 2. The van der Waals surface area contributed by atoms with Gasteiger partial charge < -0.3 is 9.80 Å². The van der Waals surface area contributed by atoms with Crippen molar-refractivity contribution in [3.05, 3.63) is 130 Å². The average Bonchev–Trinajstić information content (AvgIpc) is 2.97. The van der Waals surface area contributed by atoms with E-state index in [2.05, 4.69) is 176 Å². The lowest BCUT2D eigenvalue weighted by Gasteiger charge is -2.50. The second-order valence-electron chi connectivity index (χ2n) is 13.7. The Labute approximate surface area is 258 Å². The highest BCUT2D eigenvalue weighted by Gasteiger charge is 2.42. The number of hydrogen-bond acceptors (Lipinski definition) is 2. The molecule has 0 radical (unpaired) electrons. The number of benzene rings is 5. The van der Waals surface area contributed by atoms with Crippen molar-refractivity contribution in [2.24, 2.45) is 0 Å². The van der Waals surface area contributed by atoms with Crippen molar-refractivity contribution in [2.75, 3.05) is 9.80 Å². The van der Waals surface area contributed by atoms with E-state index in [4.69, 9.17) is 0 Å². The van der Waals surface area contributed by atoms with Gasteiger partial charge in [0.1, 0.15) is 6.17 Å². The first kappa shape index (κ1) is 27.0. The zero-order valence-electron chi connectivity index (χ0n) is 25.2. The number of rotatable bonds is 2. The number of fused-ring (bicyclic) bond motifs is 4. The lowest BCUT2D eigenvalue weighted by atomic mass is 9.81. The molecular formula is C39H37BrN2. The van der Waals surface area contributed by atoms with Gasteiger partial charge in [0.25, 0.3) is 0 Å². The molecule has 0 amide bonds. The summed E-state index contributed by atoms with van der Waals surface area (Å²) in [6, 6.07) is 40.9. The van der Waals surface area contributed by atoms with E-state index in [1.54, 1.807) is 0 Å². The zero-order valence-corrected chi connectivity index (χ0v) is 26.8. The van der Waals surface area contributed by atoms with E-state index in [-0.39, 0.29) is 17.0 Å². The van der Waals surface area contributed by atoms with E-state index in [1.807, 2.05) is 0 Å². The molecule has 0 N–H and O–H groups in total. The Morgan fingerprint density at radius 3 is 1.52 bits per heavy atom. The first-order valence-corrected chi connectivity index (χ1v) is 15.6. The van der Waals surface area contributed by atoms with Crippen molar-refractivity contribution in [2.45, 2.75) is 58.5 Å². The minimum absolute atomic E-state index is 0.0549. The van der Waals surface area contributed by atoms with Crippen LogP contribution in [0.5, 0.6) is 0 Å². The summed E-state index contributed by atoms with van der Waals surface area (Å²) < 4.78 is 1.09. The quantitative estimate of drug-likeness (QED) is 0.195. The molecule has 0 saturated carbocycles. The summed E-state index contributed by atoms with van der Waals surface area (Å²) in [5.74, 6) is 0. The normalized spacial score (nSPS) is 15.6. The van der Waals surface area contributed by atoms with Crippen molar-refractivity contribution >= 4 is 38.7 Å². The van der Waals surface area contributed by atoms with Crippen molar-refractivity contribution in [3.63, 3.8) is 0 Å². The van der Waals surface area contributed by atoms with Gasteiger partial charge in [-0.25, -0.2) is 0 Å². The molecule has 0 bridgehead atoms. The second-order valence-corrected chi connectivity index (χ2v) is 14.6. The Morgan fingerprint density at radius 1 is 0.500 bits per heavy atom. The Kier molecular flexibility index (Phi) is 6.18. The van der Waals surface area contributed by atoms with Gasteiger partial charge in [-0.15, -0.1) is 0 Å². The molecular weight excluding hydrogens is 576 g/mol. The van der Waals surface area contributed by atoms with Crippen LogP contribution in [0.3, 0.4) is 0 Å². The second kappa shape index (κ2) is 9.61. The van der Waals surface area contributed by atoms with Crippen LogP contribution in [0.2, 0.25) is 0 Å². The topological polar surface area (TPSA) is 6.48 Å². The van der Waals surface area contributed by atoms with Gasteiger partial charge in [0.2, 0.25) is 0 Å². The molecule has 2 heterocycles. The molecule has 210 valence electrons. The Balaban J connectivity index is 1.52. The van der Waals surface area contributed by atoms with Crippen LogP contribution in [0.15, 0.2) is 114 Å². The van der Waals surface area contributed by atoms with Gasteiger partial charge in [0, 0.05) is 32.5 Å². The average molecular weight is 614 g/mol. The maximum absolute atomic E-state index is 3.78. The molecule has 2 aliphatic rings. The lowest BCUT2D eigenvalue weighted by Crippen LogP contribution is -2.41. The van der Waals surface area contributed by atoms with Crippen molar-refractivity contribution in [1.29, 1.82) is 0 Å². The number of hydrogen-bond donors (Lipinski definition) is 0. The molecule has 0 fully saturated rings. The van der Waals surface area contributed by atoms with Crippen LogP contribution in [0.4, 0.5) is 22.7 Å². The van der Waals surface area contributed by atoms with Crippen LogP contribution in [-0.2, 0) is 10.8 Å². The summed E-state index contributed by atoms with van der Waals surface area (Å²) in [5.41, 5.74) is 14.2. The predicted octanol–water partition coefficient (Wildman–Crippen LogP) is 11.7. The molecule has 3 heteroatoms. The standard InChI is InChI=1S/C39H37BrN2/c1-38(2,3)25-14-19-28(20-15-25)41-34-13-8-7-10-30(34)31-11-9-12-32-33-24-27(40)18-23-35(33)42(37(41)36(31)32)29-21-16-26(17-22-29)39(4,5)6/h7-24,37H,1-6H3. The number of halogens is 1. The minimum Gasteiger partial charge on any atom is -0.315 e. The fourth-order valence-corrected chi connectivity index (χ4v) is 6.96. The van der Waals surface area contributed by atoms with Gasteiger partial charge in [0.05, 0.1) is 11.4 Å². The Hall–Kier alpha value is -3.82. The smallest absolute Gasteiger partial charge is 0.138 e. The highest BCUT2D eigenvalue weighted by atomic mass is 79.9. The van der Waals surface area contributed by atoms with E-state index in [0.29, 0.717) is 0 Å². The zero-order chi connectivity index (χ0) is 29.4. The van der Waals surface area contributed by atoms with Crippen molar-refractivity contribution in [3.8, 4) is 22.3 Å². The van der Waals surface area contributed by atoms with Crippen LogP contribution in [0, 0.1) is 0 Å². The van der Waals surface area contributed by atoms with Crippen molar-refractivity contribution < 1.29 is 0 Å². The minimum atomic E-state index is -0.0549. The maximum Gasteiger partial charge on any atom is 0.138 e. The third kappa shape index (κ3) is 4.29. The summed E-state index contributed by atoms with van der Waals surface area (Å²) in [6.07, 6.45) is -0.0549. The third-order valence-electron chi connectivity index (χ3n) is 8.84. The highest BCUT2D eigenvalue weighted by molar-refractivity contribution is 9.10. The molecule has 42 heavy (non-hydrogen) atoms. The van der Waals surface area contributed by atoms with Gasteiger partial charge >= 0.3 is 0 Å². The van der Waals surface area contributed by atoms with Crippen LogP contribution in [-0.4, -0.2) is 0 Å². The van der Waals surface area contributed by atoms with Crippen LogP contribution in [0.1, 0.15) is 64.4 Å². The summed E-state index contributed by atoms with van der Waals surface area (Å²) in [7, 11) is 0. The van der Waals surface area contributed by atoms with E-state index >= 15 is 0 Å². The van der Waals surface area contributed by atoms with E-state index in [0.717, 1.165) is 4.47 Å². The fourth-order valence-electron chi connectivity index (χ4n) is 6.60.